The quantitative estimate of drug-likeness (QED) is 0.188. The summed E-state index contributed by atoms with van der Waals surface area (Å²) in [5.41, 5.74) is -1.95. The number of rotatable bonds is 1. The van der Waals surface area contributed by atoms with Gasteiger partial charge in [0.15, 0.2) is 0 Å². The third-order valence-corrected chi connectivity index (χ3v) is 5.21. The molecule has 1 aliphatic rings. The van der Waals surface area contributed by atoms with Gasteiger partial charge >= 0.3 is 24.6 Å². The minimum Gasteiger partial charge on any atom is -0.448 e. The molecule has 0 bridgehead atoms. The smallest absolute Gasteiger partial charge is 0.416 e. The first-order valence-corrected chi connectivity index (χ1v) is 13.5. The van der Waals surface area contributed by atoms with Gasteiger partial charge in [0.2, 0.25) is 0 Å². The molecular formula is C23H19F9INO2S. The summed E-state index contributed by atoms with van der Waals surface area (Å²) in [6, 6.07) is 5.13. The largest absolute Gasteiger partial charge is 0.448 e. The van der Waals surface area contributed by atoms with Crippen LogP contribution in [0.3, 0.4) is 0 Å². The molecule has 2 aromatic carbocycles. The highest BCUT2D eigenvalue weighted by atomic mass is 127. The lowest BCUT2D eigenvalue weighted by atomic mass is 10.0. The van der Waals surface area contributed by atoms with Crippen LogP contribution in [0, 0.1) is 18.1 Å². The van der Waals surface area contributed by atoms with Crippen molar-refractivity contribution in [3.8, 4) is 11.2 Å². The Balaban J connectivity index is 0.000000303. The first kappa shape index (κ1) is 32.7. The lowest BCUT2D eigenvalue weighted by Crippen LogP contribution is -2.11. The van der Waals surface area contributed by atoms with Crippen LogP contribution < -0.4 is 5.32 Å². The zero-order chi connectivity index (χ0) is 28.4. The van der Waals surface area contributed by atoms with Gasteiger partial charge in [0, 0.05) is 26.8 Å². The Kier molecular flexibility index (Phi) is 12.4. The Hall–Kier alpha value is -2.28. The van der Waals surface area contributed by atoms with Crippen molar-refractivity contribution >= 4 is 36.2 Å². The fraction of sp³-hybridized carbons (Fsp3) is 0.348. The third kappa shape index (κ3) is 11.8. The standard InChI is InChI=1S/C11H8F3IS.C9H6F6.C3H5NO2/c1-2-8-7-10(11(12,13)14)4-3-9(8)5-6-16-15;1-5-2-6(8(10,11)12)4-7(3-5)9(13,14)15;5-3-4-1-2-6-3/h3-4,7H,2H2,1H3;2-4H,1H3;1-2H2,(H,4,5). The lowest BCUT2D eigenvalue weighted by Gasteiger charge is -2.12. The molecule has 1 aliphatic heterocycles. The monoisotopic (exact) mass is 671 g/mol. The summed E-state index contributed by atoms with van der Waals surface area (Å²) >= 11 is 2.02. The average molecular weight is 671 g/mol. The van der Waals surface area contributed by atoms with E-state index >= 15 is 0 Å². The zero-order valence-corrected chi connectivity index (χ0v) is 22.1. The number of alkyl carbamates (subject to hydrolysis) is 1. The van der Waals surface area contributed by atoms with E-state index in [2.05, 4.69) is 21.2 Å². The second-order valence-electron chi connectivity index (χ2n) is 7.17. The maximum Gasteiger partial charge on any atom is 0.416 e. The van der Waals surface area contributed by atoms with Crippen molar-refractivity contribution in [1.82, 2.24) is 5.32 Å². The van der Waals surface area contributed by atoms with Crippen LogP contribution in [0.1, 0.15) is 40.3 Å². The predicted molar refractivity (Wildman–Crippen MR) is 130 cm³/mol. The van der Waals surface area contributed by atoms with Crippen molar-refractivity contribution in [2.24, 2.45) is 0 Å². The molecule has 1 saturated heterocycles. The molecule has 0 spiro atoms. The van der Waals surface area contributed by atoms with E-state index in [4.69, 9.17) is 0 Å². The van der Waals surface area contributed by atoms with Crippen molar-refractivity contribution in [2.75, 3.05) is 13.2 Å². The van der Waals surface area contributed by atoms with E-state index in [0.29, 0.717) is 42.8 Å². The van der Waals surface area contributed by atoms with Gasteiger partial charge in [-0.25, -0.2) is 4.79 Å². The van der Waals surface area contributed by atoms with Gasteiger partial charge < -0.3 is 10.1 Å². The zero-order valence-electron chi connectivity index (χ0n) is 19.1. The van der Waals surface area contributed by atoms with Crippen molar-refractivity contribution < 1.29 is 49.0 Å². The van der Waals surface area contributed by atoms with E-state index in [1.165, 1.54) is 28.0 Å². The molecule has 0 radical (unpaired) electrons. The molecule has 3 nitrogen and oxygen atoms in total. The van der Waals surface area contributed by atoms with Gasteiger partial charge in [-0.05, 0) is 75.1 Å². The molecule has 0 atom stereocenters. The first-order chi connectivity index (χ1) is 17.0. The Labute approximate surface area is 223 Å². The van der Waals surface area contributed by atoms with Gasteiger partial charge in [-0.15, -0.1) is 0 Å². The second kappa shape index (κ2) is 14.0. The van der Waals surface area contributed by atoms with E-state index in [1.54, 1.807) is 0 Å². The van der Waals surface area contributed by atoms with Crippen molar-refractivity contribution in [1.29, 1.82) is 0 Å². The summed E-state index contributed by atoms with van der Waals surface area (Å²) in [6.07, 6.45) is -13.6. The molecule has 1 N–H and O–H groups in total. The fourth-order valence-corrected chi connectivity index (χ4v) is 3.20. The third-order valence-electron chi connectivity index (χ3n) is 4.37. The Morgan fingerprint density at radius 2 is 1.46 bits per heavy atom. The minimum absolute atomic E-state index is 0.0721. The molecular weight excluding hydrogens is 652 g/mol. The van der Waals surface area contributed by atoms with E-state index in [1.807, 2.05) is 28.1 Å². The number of carbonyl (C=O) groups is 1. The predicted octanol–water partition coefficient (Wildman–Crippen LogP) is 8.42. The summed E-state index contributed by atoms with van der Waals surface area (Å²) in [7, 11) is 1.31. The SMILES string of the molecule is CCc1cc(C(F)(F)F)ccc1C#CSI.Cc1cc(C(F)(F)F)cc(C(F)(F)F)c1.O=C1NCCO1. The number of nitrogens with one attached hydrogen (secondary N) is 1. The molecule has 1 amide bonds. The van der Waals surface area contributed by atoms with E-state index in [0.717, 1.165) is 6.07 Å². The number of hydrogen-bond donors (Lipinski definition) is 1. The minimum atomic E-state index is -4.76. The van der Waals surface area contributed by atoms with Crippen molar-refractivity contribution in [3.63, 3.8) is 0 Å². The first-order valence-electron chi connectivity index (χ1n) is 10.1. The molecule has 0 aromatic heterocycles. The van der Waals surface area contributed by atoms with Crippen LogP contribution in [0.2, 0.25) is 0 Å². The second-order valence-corrected chi connectivity index (χ2v) is 8.85. The molecule has 37 heavy (non-hydrogen) atoms. The van der Waals surface area contributed by atoms with Gasteiger partial charge in [0.1, 0.15) is 6.61 Å². The summed E-state index contributed by atoms with van der Waals surface area (Å²) in [4.78, 5) is 9.91. The van der Waals surface area contributed by atoms with Crippen LogP contribution in [0.25, 0.3) is 0 Å². The van der Waals surface area contributed by atoms with Gasteiger partial charge in [-0.3, -0.25) is 0 Å². The van der Waals surface area contributed by atoms with Crippen LogP contribution in [-0.4, -0.2) is 19.2 Å². The number of alkyl halides is 9. The number of amides is 1. The van der Waals surface area contributed by atoms with Gasteiger partial charge in [0.05, 0.1) is 23.2 Å². The highest BCUT2D eigenvalue weighted by molar-refractivity contribution is 14.2. The Morgan fingerprint density at radius 1 is 0.919 bits per heavy atom. The molecule has 3 rings (SSSR count). The van der Waals surface area contributed by atoms with E-state index in [9.17, 15) is 44.3 Å². The molecule has 204 valence electrons. The summed E-state index contributed by atoms with van der Waals surface area (Å²) < 4.78 is 115. The summed E-state index contributed by atoms with van der Waals surface area (Å²) in [6.45, 7) is 4.19. The molecule has 1 fully saturated rings. The maximum absolute atomic E-state index is 12.4. The van der Waals surface area contributed by atoms with Crippen LogP contribution in [0.4, 0.5) is 44.3 Å². The topological polar surface area (TPSA) is 38.3 Å². The number of ether oxygens (including phenoxy) is 1. The number of aryl methyl sites for hydroxylation is 2. The number of carbonyl (C=O) groups excluding carboxylic acids is 1. The van der Waals surface area contributed by atoms with Crippen LogP contribution >= 0.6 is 30.1 Å². The Bertz CT molecular complexity index is 1080. The summed E-state index contributed by atoms with van der Waals surface area (Å²) in [5.74, 6) is 2.83. The highest BCUT2D eigenvalue weighted by Gasteiger charge is 2.36. The van der Waals surface area contributed by atoms with E-state index in [-0.39, 0.29) is 17.7 Å². The van der Waals surface area contributed by atoms with Crippen LogP contribution in [0.15, 0.2) is 36.4 Å². The Morgan fingerprint density at radius 3 is 1.81 bits per heavy atom. The van der Waals surface area contributed by atoms with Gasteiger partial charge in [-0.2, -0.15) is 39.5 Å². The average Bonchev–Trinajstić information content (AvgIpc) is 3.27. The van der Waals surface area contributed by atoms with Crippen molar-refractivity contribution in [2.45, 2.75) is 38.8 Å². The number of hydrogen-bond acceptors (Lipinski definition) is 3. The van der Waals surface area contributed by atoms with Gasteiger partial charge in [-0.1, -0.05) is 12.8 Å². The molecule has 1 heterocycles. The van der Waals surface area contributed by atoms with Crippen molar-refractivity contribution in [3.05, 3.63) is 69.8 Å². The number of benzene rings is 2. The molecule has 14 heteroatoms. The molecule has 2 aromatic rings. The number of halogens is 10. The lowest BCUT2D eigenvalue weighted by molar-refractivity contribution is -0.143. The normalized spacial score (nSPS) is 13.1. The summed E-state index contributed by atoms with van der Waals surface area (Å²) in [5, 5.41) is 5.23. The fourth-order valence-electron chi connectivity index (χ4n) is 2.72. The highest BCUT2D eigenvalue weighted by Crippen LogP contribution is 2.36. The molecule has 0 unspecified atom stereocenters. The molecule has 0 aliphatic carbocycles. The van der Waals surface area contributed by atoms with Crippen LogP contribution in [0.5, 0.6) is 0 Å². The maximum atomic E-state index is 12.4. The number of cyclic esters (lactones) is 1. The van der Waals surface area contributed by atoms with E-state index < -0.39 is 35.2 Å². The van der Waals surface area contributed by atoms with Crippen LogP contribution in [-0.2, 0) is 29.7 Å². The van der Waals surface area contributed by atoms with Gasteiger partial charge in [0.25, 0.3) is 0 Å². The molecule has 0 saturated carbocycles.